The number of carbonyl (C=O) groups is 1. The van der Waals surface area contributed by atoms with Gasteiger partial charge in [-0.25, -0.2) is 4.98 Å². The molecule has 0 fully saturated rings. The Labute approximate surface area is 122 Å². The quantitative estimate of drug-likeness (QED) is 0.915. The second-order valence-electron chi connectivity index (χ2n) is 4.74. The zero-order valence-corrected chi connectivity index (χ0v) is 12.6. The molecule has 0 bridgehead atoms. The standard InChI is InChI=1S/C15H18N2O2S/c1-10(2)12-9-16-15(20-12)17-14(18)13(19-3)11-7-5-4-6-8-11/h4-10,13H,1-3H3,(H,16,17,18). The molecule has 0 aliphatic heterocycles. The zero-order valence-electron chi connectivity index (χ0n) is 11.8. The first-order valence-corrected chi connectivity index (χ1v) is 7.27. The summed E-state index contributed by atoms with van der Waals surface area (Å²) in [5.74, 6) is 0.203. The molecule has 0 spiro atoms. The first-order valence-electron chi connectivity index (χ1n) is 6.46. The van der Waals surface area contributed by atoms with Crippen molar-refractivity contribution in [2.24, 2.45) is 0 Å². The van der Waals surface area contributed by atoms with E-state index in [0.29, 0.717) is 11.0 Å². The molecule has 1 amide bonds. The summed E-state index contributed by atoms with van der Waals surface area (Å²) < 4.78 is 5.29. The number of nitrogens with zero attached hydrogens (tertiary/aromatic N) is 1. The third-order valence-corrected chi connectivity index (χ3v) is 4.11. The van der Waals surface area contributed by atoms with E-state index in [-0.39, 0.29) is 5.91 Å². The van der Waals surface area contributed by atoms with Crippen molar-refractivity contribution in [3.63, 3.8) is 0 Å². The molecular weight excluding hydrogens is 272 g/mol. The van der Waals surface area contributed by atoms with Gasteiger partial charge in [0.15, 0.2) is 11.2 Å². The highest BCUT2D eigenvalue weighted by Crippen LogP contribution is 2.26. The van der Waals surface area contributed by atoms with Crippen LogP contribution in [0, 0.1) is 0 Å². The minimum atomic E-state index is -0.623. The molecule has 1 aromatic heterocycles. The highest BCUT2D eigenvalue weighted by atomic mass is 32.1. The maximum atomic E-state index is 12.3. The van der Waals surface area contributed by atoms with E-state index in [9.17, 15) is 4.79 Å². The molecule has 5 heteroatoms. The number of carbonyl (C=O) groups excluding carboxylic acids is 1. The number of hydrogen-bond donors (Lipinski definition) is 1. The Morgan fingerprint density at radius 1 is 1.30 bits per heavy atom. The van der Waals surface area contributed by atoms with Gasteiger partial charge in [0.1, 0.15) is 0 Å². The van der Waals surface area contributed by atoms with Crippen LogP contribution in [0.2, 0.25) is 0 Å². The van der Waals surface area contributed by atoms with Gasteiger partial charge < -0.3 is 4.74 Å². The lowest BCUT2D eigenvalue weighted by atomic mass is 10.1. The number of thiazole rings is 1. The maximum absolute atomic E-state index is 12.3. The minimum absolute atomic E-state index is 0.205. The van der Waals surface area contributed by atoms with Crippen LogP contribution >= 0.6 is 11.3 Å². The van der Waals surface area contributed by atoms with Gasteiger partial charge in [0.25, 0.3) is 5.91 Å². The fourth-order valence-electron chi connectivity index (χ4n) is 1.80. The molecule has 106 valence electrons. The number of aromatic nitrogens is 1. The number of amides is 1. The van der Waals surface area contributed by atoms with Gasteiger partial charge in [0.05, 0.1) is 0 Å². The van der Waals surface area contributed by atoms with Crippen molar-refractivity contribution < 1.29 is 9.53 Å². The van der Waals surface area contributed by atoms with Gasteiger partial charge in [-0.15, -0.1) is 11.3 Å². The van der Waals surface area contributed by atoms with Crippen LogP contribution in [-0.4, -0.2) is 18.0 Å². The smallest absolute Gasteiger partial charge is 0.259 e. The van der Waals surface area contributed by atoms with Gasteiger partial charge in [-0.1, -0.05) is 44.2 Å². The average Bonchev–Trinajstić information content (AvgIpc) is 2.89. The average molecular weight is 290 g/mol. The lowest BCUT2D eigenvalue weighted by Gasteiger charge is -2.14. The molecule has 1 heterocycles. The van der Waals surface area contributed by atoms with E-state index in [0.717, 1.165) is 10.4 Å². The van der Waals surface area contributed by atoms with Crippen molar-refractivity contribution in [2.75, 3.05) is 12.4 Å². The van der Waals surface area contributed by atoms with E-state index in [1.807, 2.05) is 30.3 Å². The number of benzene rings is 1. The monoisotopic (exact) mass is 290 g/mol. The fourth-order valence-corrected chi connectivity index (χ4v) is 2.63. The zero-order chi connectivity index (χ0) is 14.5. The van der Waals surface area contributed by atoms with Crippen LogP contribution in [0.5, 0.6) is 0 Å². The number of ether oxygens (including phenoxy) is 1. The van der Waals surface area contributed by atoms with Crippen molar-refractivity contribution in [2.45, 2.75) is 25.9 Å². The molecule has 0 saturated heterocycles. The molecule has 0 saturated carbocycles. The molecule has 2 rings (SSSR count). The predicted octanol–water partition coefficient (Wildman–Crippen LogP) is 3.59. The number of rotatable bonds is 5. The van der Waals surface area contributed by atoms with Crippen molar-refractivity contribution >= 4 is 22.4 Å². The van der Waals surface area contributed by atoms with Crippen molar-refractivity contribution in [1.29, 1.82) is 0 Å². The summed E-state index contributed by atoms with van der Waals surface area (Å²) >= 11 is 1.49. The van der Waals surface area contributed by atoms with Gasteiger partial charge in [-0.3, -0.25) is 10.1 Å². The van der Waals surface area contributed by atoms with E-state index >= 15 is 0 Å². The number of methoxy groups -OCH3 is 1. The van der Waals surface area contributed by atoms with E-state index in [1.165, 1.54) is 18.4 Å². The van der Waals surface area contributed by atoms with E-state index < -0.39 is 6.10 Å². The van der Waals surface area contributed by atoms with Crippen LogP contribution in [0.25, 0.3) is 0 Å². The Bertz CT molecular complexity index is 566. The van der Waals surface area contributed by atoms with E-state index in [2.05, 4.69) is 24.1 Å². The Balaban J connectivity index is 2.09. The summed E-state index contributed by atoms with van der Waals surface area (Å²) in [6, 6.07) is 9.41. The Morgan fingerprint density at radius 3 is 2.55 bits per heavy atom. The molecule has 1 unspecified atom stereocenters. The van der Waals surface area contributed by atoms with Gasteiger partial charge in [-0.05, 0) is 11.5 Å². The molecule has 1 aromatic carbocycles. The molecule has 0 aliphatic rings. The molecule has 1 atom stereocenters. The fraction of sp³-hybridized carbons (Fsp3) is 0.333. The highest BCUT2D eigenvalue weighted by molar-refractivity contribution is 7.15. The third-order valence-electron chi connectivity index (χ3n) is 2.90. The molecule has 2 aromatic rings. The third kappa shape index (κ3) is 3.43. The van der Waals surface area contributed by atoms with E-state index in [1.54, 1.807) is 6.20 Å². The summed E-state index contributed by atoms with van der Waals surface area (Å²) in [4.78, 5) is 17.6. The Kier molecular flexibility index (Phi) is 4.87. The van der Waals surface area contributed by atoms with Gasteiger partial charge in [-0.2, -0.15) is 0 Å². The summed E-state index contributed by atoms with van der Waals surface area (Å²) in [6.07, 6.45) is 1.18. The first-order chi connectivity index (χ1) is 9.61. The predicted molar refractivity (Wildman–Crippen MR) is 81.0 cm³/mol. The van der Waals surface area contributed by atoms with Crippen LogP contribution < -0.4 is 5.32 Å². The molecule has 0 aliphatic carbocycles. The topological polar surface area (TPSA) is 51.2 Å². The van der Waals surface area contributed by atoms with Crippen LogP contribution in [-0.2, 0) is 9.53 Å². The van der Waals surface area contributed by atoms with Crippen molar-refractivity contribution in [3.05, 3.63) is 47.0 Å². The van der Waals surface area contributed by atoms with Crippen LogP contribution in [0.4, 0.5) is 5.13 Å². The largest absolute Gasteiger partial charge is 0.367 e. The SMILES string of the molecule is COC(C(=O)Nc1ncc(C(C)C)s1)c1ccccc1. The van der Waals surface area contributed by atoms with E-state index in [4.69, 9.17) is 4.74 Å². The normalized spacial score (nSPS) is 12.4. The first kappa shape index (κ1) is 14.7. The molecule has 0 radical (unpaired) electrons. The van der Waals surface area contributed by atoms with Crippen LogP contribution in [0.15, 0.2) is 36.5 Å². The highest BCUT2D eigenvalue weighted by Gasteiger charge is 2.21. The van der Waals surface area contributed by atoms with Gasteiger partial charge >= 0.3 is 0 Å². The number of hydrogen-bond acceptors (Lipinski definition) is 4. The summed E-state index contributed by atoms with van der Waals surface area (Å²) in [5, 5.41) is 3.42. The van der Waals surface area contributed by atoms with Crippen LogP contribution in [0.3, 0.4) is 0 Å². The van der Waals surface area contributed by atoms with Crippen molar-refractivity contribution in [1.82, 2.24) is 4.98 Å². The number of nitrogens with one attached hydrogen (secondary N) is 1. The lowest BCUT2D eigenvalue weighted by molar-refractivity contribution is -0.126. The Morgan fingerprint density at radius 2 is 2.00 bits per heavy atom. The summed E-state index contributed by atoms with van der Waals surface area (Å²) in [5.41, 5.74) is 0.827. The van der Waals surface area contributed by atoms with Gasteiger partial charge in [0, 0.05) is 18.2 Å². The molecular formula is C15H18N2O2S. The van der Waals surface area contributed by atoms with Gasteiger partial charge in [0.2, 0.25) is 0 Å². The van der Waals surface area contributed by atoms with Crippen LogP contribution in [0.1, 0.15) is 36.3 Å². The number of anilines is 1. The maximum Gasteiger partial charge on any atom is 0.259 e. The summed E-state index contributed by atoms with van der Waals surface area (Å²) in [7, 11) is 1.53. The summed E-state index contributed by atoms with van der Waals surface area (Å²) in [6.45, 7) is 4.20. The lowest BCUT2D eigenvalue weighted by Crippen LogP contribution is -2.22. The second kappa shape index (κ2) is 6.63. The second-order valence-corrected chi connectivity index (χ2v) is 5.80. The molecule has 1 N–H and O–H groups in total. The molecule has 20 heavy (non-hydrogen) atoms. The molecule has 4 nitrogen and oxygen atoms in total. The van der Waals surface area contributed by atoms with Crippen molar-refractivity contribution in [3.8, 4) is 0 Å². The minimum Gasteiger partial charge on any atom is -0.367 e. The Hall–Kier alpha value is -1.72.